The van der Waals surface area contributed by atoms with Crippen molar-refractivity contribution in [2.45, 2.75) is 0 Å². The molecule has 5 heavy (non-hydrogen) atoms. The maximum Gasteiger partial charge on any atom is 0 e. The van der Waals surface area contributed by atoms with Crippen LogP contribution in [0.4, 0.5) is 0 Å². The zero-order valence-corrected chi connectivity index (χ0v) is 17.8. The molecular formula is H5AlBiFeTiTl. The molecule has 0 nitrogen and oxygen atoms in total. The third-order valence-corrected chi connectivity index (χ3v) is 0. The number of hydrogen-bond donors (Lipinski definition) is 0. The van der Waals surface area contributed by atoms with Crippen LogP contribution in [0.15, 0.2) is 0 Å². The summed E-state index contributed by atoms with van der Waals surface area (Å²) in [5.41, 5.74) is 0. The molecule has 0 atom stereocenters. The van der Waals surface area contributed by atoms with E-state index in [1.807, 2.05) is 0 Å². The van der Waals surface area contributed by atoms with E-state index in [0.29, 0.717) is 0 Å². The standard InChI is InChI=1S/Al.Bi.Fe.Ti.Tl.5H. The van der Waals surface area contributed by atoms with E-state index in [1.165, 1.54) is 0 Å². The molecule has 0 amide bonds. The summed E-state index contributed by atoms with van der Waals surface area (Å²) < 4.78 is 0. The quantitative estimate of drug-likeness (QED) is 0.294. The Kier molecular flexibility index (Phi) is 121. The fourth-order valence-corrected chi connectivity index (χ4v) is 0. The van der Waals surface area contributed by atoms with Gasteiger partial charge in [0.2, 0.25) is 0 Å². The first-order valence-corrected chi connectivity index (χ1v) is 4.37. The summed E-state index contributed by atoms with van der Waals surface area (Å²) in [6.45, 7) is 0. The van der Waals surface area contributed by atoms with Crippen molar-refractivity contribution in [2.75, 3.05) is 0 Å². The molecular weight excluding hydrogens is 544 g/mol. The summed E-state index contributed by atoms with van der Waals surface area (Å²) in [5, 5.41) is 0. The van der Waals surface area contributed by atoms with Gasteiger partial charge < -0.3 is 0 Å². The van der Waals surface area contributed by atoms with Crippen molar-refractivity contribution in [1.29, 1.82) is 0 Å². The molecule has 0 unspecified atom stereocenters. The maximum atomic E-state index is 3.39. The van der Waals surface area contributed by atoms with Gasteiger partial charge in [0, 0.05) is 49.0 Å². The van der Waals surface area contributed by atoms with Gasteiger partial charge in [0.05, 0.1) is 0 Å². The van der Waals surface area contributed by atoms with Crippen molar-refractivity contribution in [3.8, 4) is 0 Å². The molecule has 0 fully saturated rings. The van der Waals surface area contributed by atoms with E-state index in [4.69, 9.17) is 0 Å². The predicted molar refractivity (Wildman–Crippen MR) is 24.2 cm³/mol. The summed E-state index contributed by atoms with van der Waals surface area (Å²) in [6.07, 6.45) is 0. The zero-order chi connectivity index (χ0) is 2.00. The average Bonchev–Trinajstić information content (AvgIpc) is 1.00. The van der Waals surface area contributed by atoms with Crippen LogP contribution in [-0.4, -0.2) is 67.9 Å². The van der Waals surface area contributed by atoms with E-state index in [0.717, 1.165) is 14.4 Å². The minimum absolute atomic E-state index is 0. The Bertz CT molecular complexity index is 11.6. The van der Waals surface area contributed by atoms with Gasteiger partial charge in [-0.15, -0.1) is 0 Å². The number of hydrogen-bond acceptors (Lipinski definition) is 0. The van der Waals surface area contributed by atoms with Gasteiger partial charge in [0.15, 0.2) is 0 Å². The third kappa shape index (κ3) is 18.4. The van der Waals surface area contributed by atoms with Crippen LogP contribution in [0.2, 0.25) is 0 Å². The van der Waals surface area contributed by atoms with Crippen molar-refractivity contribution in [2.24, 2.45) is 0 Å². The zero-order valence-electron chi connectivity index (χ0n) is 3.14. The second-order valence-corrected chi connectivity index (χ2v) is 0. The normalized spacial score (nSPS) is 1.00. The van der Waals surface area contributed by atoms with Crippen LogP contribution in [0, 0.1) is 0 Å². The topological polar surface area (TPSA) is 0 Å². The van der Waals surface area contributed by atoms with Crippen molar-refractivity contribution in [3.05, 3.63) is 0 Å². The van der Waals surface area contributed by atoms with Crippen molar-refractivity contribution in [3.63, 3.8) is 0 Å². The first kappa shape index (κ1) is 23.5. The van der Waals surface area contributed by atoms with Gasteiger partial charge in [0.25, 0.3) is 0 Å². The third-order valence-electron chi connectivity index (χ3n) is 0. The minimum atomic E-state index is 0. The Morgan fingerprint density at radius 3 is 1.20 bits per heavy atom. The Labute approximate surface area is 102 Å². The molecule has 0 spiro atoms. The summed E-state index contributed by atoms with van der Waals surface area (Å²) in [7, 11) is 0. The molecule has 0 saturated heterocycles. The molecule has 0 aliphatic heterocycles. The molecule has 5 heteroatoms. The van der Waals surface area contributed by atoms with Gasteiger partial charge in [-0.3, -0.25) is 0 Å². The van der Waals surface area contributed by atoms with Gasteiger partial charge in [-0.05, 0) is 0 Å². The van der Waals surface area contributed by atoms with E-state index in [-0.39, 0.29) is 75.2 Å². The van der Waals surface area contributed by atoms with Crippen molar-refractivity contribution < 1.29 is 35.8 Å². The first-order valence-electron chi connectivity index (χ1n) is 0.354. The second-order valence-electron chi connectivity index (χ2n) is 0. The molecule has 0 heterocycles. The second kappa shape index (κ2) is 25.6. The first-order chi connectivity index (χ1) is 1.00. The summed E-state index contributed by atoms with van der Waals surface area (Å²) >= 11 is 4.44. The van der Waals surface area contributed by atoms with Gasteiger partial charge >= 0.3 is 54.8 Å². The SMILES string of the molecule is [AlH2][Fe].[BiH3].[Ti].[Tl]. The van der Waals surface area contributed by atoms with Crippen LogP contribution in [0.1, 0.15) is 0 Å². The fourth-order valence-electron chi connectivity index (χ4n) is 0. The molecule has 0 saturated carbocycles. The molecule has 0 aliphatic rings. The van der Waals surface area contributed by atoms with Crippen LogP contribution in [0.25, 0.3) is 0 Å². The van der Waals surface area contributed by atoms with E-state index < -0.39 is 0 Å². The molecule has 0 N–H and O–H groups in total. The molecule has 0 aromatic carbocycles. The Morgan fingerprint density at radius 1 is 1.20 bits per heavy atom. The Hall–Kier alpha value is 3.57. The Balaban J connectivity index is -0.00000000167. The molecule has 0 bridgehead atoms. The summed E-state index contributed by atoms with van der Waals surface area (Å²) in [6, 6.07) is 0. The van der Waals surface area contributed by atoms with Gasteiger partial charge in [-0.2, -0.15) is 0 Å². The van der Waals surface area contributed by atoms with Crippen LogP contribution < -0.4 is 0 Å². The Morgan fingerprint density at radius 2 is 1.20 bits per heavy atom. The smallest absolute Gasteiger partial charge is 0 e. The predicted octanol–water partition coefficient (Wildman–Crippen LogP) is -2.49. The molecule has 1 radical (unpaired) electrons. The van der Waals surface area contributed by atoms with Gasteiger partial charge in [-0.25, -0.2) is 0 Å². The molecule has 28 valence electrons. The van der Waals surface area contributed by atoms with E-state index in [9.17, 15) is 0 Å². The number of rotatable bonds is 0. The summed E-state index contributed by atoms with van der Waals surface area (Å²) in [5.74, 6) is 0. The average molecular weight is 549 g/mol. The van der Waals surface area contributed by atoms with Gasteiger partial charge in [0.1, 0.15) is 0 Å². The van der Waals surface area contributed by atoms with Gasteiger partial charge in [-0.1, -0.05) is 0 Å². The van der Waals surface area contributed by atoms with Crippen LogP contribution in [-0.2, 0) is 35.8 Å². The summed E-state index contributed by atoms with van der Waals surface area (Å²) in [4.78, 5) is 0. The van der Waals surface area contributed by atoms with Crippen molar-refractivity contribution in [1.82, 2.24) is 0 Å². The molecule has 0 aliphatic carbocycles. The largest absolute Gasteiger partial charge is 0 e. The van der Waals surface area contributed by atoms with E-state index >= 15 is 0 Å². The van der Waals surface area contributed by atoms with Crippen molar-refractivity contribution >= 4 is 67.9 Å². The van der Waals surface area contributed by atoms with Crippen LogP contribution >= 0.6 is 0 Å². The van der Waals surface area contributed by atoms with Crippen LogP contribution in [0.5, 0.6) is 0 Å². The van der Waals surface area contributed by atoms with Crippen LogP contribution in [0.3, 0.4) is 0 Å². The van der Waals surface area contributed by atoms with E-state index in [1.54, 1.807) is 0 Å². The fraction of sp³-hybridized carbons (Fsp3) is 0. The molecule has 0 rings (SSSR count). The maximum absolute atomic E-state index is 3.39. The monoisotopic (exact) mass is 550 g/mol. The van der Waals surface area contributed by atoms with E-state index in [2.05, 4.69) is 14.1 Å². The molecule has 0 aromatic rings. The minimum Gasteiger partial charge on any atom is 0 e. The molecule has 0 aromatic heterocycles.